The molecule has 28 heavy (non-hydrogen) atoms. The van der Waals surface area contributed by atoms with Crippen molar-refractivity contribution < 1.29 is 18.3 Å². The van der Waals surface area contributed by atoms with Gasteiger partial charge in [-0.05, 0) is 36.2 Å². The van der Waals surface area contributed by atoms with Crippen LogP contribution in [0.3, 0.4) is 0 Å². The van der Waals surface area contributed by atoms with Gasteiger partial charge in [-0.3, -0.25) is 4.79 Å². The van der Waals surface area contributed by atoms with Gasteiger partial charge in [-0.15, -0.1) is 0 Å². The summed E-state index contributed by atoms with van der Waals surface area (Å²) in [6.07, 6.45) is 3.51. The lowest BCUT2D eigenvalue weighted by atomic mass is 10.1. The average Bonchev–Trinajstić information content (AvgIpc) is 2.71. The van der Waals surface area contributed by atoms with Crippen molar-refractivity contribution in [1.29, 1.82) is 0 Å². The number of nitrogens with one attached hydrogen (secondary N) is 2. The molecule has 8 heteroatoms. The van der Waals surface area contributed by atoms with Crippen molar-refractivity contribution in [3.63, 3.8) is 0 Å². The van der Waals surface area contributed by atoms with E-state index in [9.17, 15) is 13.6 Å². The molecule has 0 aliphatic rings. The Morgan fingerprint density at radius 3 is 2.64 bits per heavy atom. The van der Waals surface area contributed by atoms with E-state index < -0.39 is 17.5 Å². The van der Waals surface area contributed by atoms with Crippen LogP contribution in [0.2, 0.25) is 0 Å². The third kappa shape index (κ3) is 5.00. The van der Waals surface area contributed by atoms with E-state index >= 15 is 0 Å². The van der Waals surface area contributed by atoms with Gasteiger partial charge in [0.15, 0.2) is 11.6 Å². The lowest BCUT2D eigenvalue weighted by Crippen LogP contribution is -2.15. The van der Waals surface area contributed by atoms with Crippen molar-refractivity contribution in [1.82, 2.24) is 9.97 Å². The number of methoxy groups -OCH3 is 1. The largest absolute Gasteiger partial charge is 0.497 e. The van der Waals surface area contributed by atoms with Crippen LogP contribution >= 0.6 is 0 Å². The van der Waals surface area contributed by atoms with Crippen molar-refractivity contribution in [3.8, 4) is 5.75 Å². The molecular weight excluding hydrogens is 366 g/mol. The Labute approximate surface area is 160 Å². The van der Waals surface area contributed by atoms with Gasteiger partial charge in [0.25, 0.3) is 5.91 Å². The molecule has 0 saturated carbocycles. The van der Waals surface area contributed by atoms with Crippen LogP contribution < -0.4 is 15.4 Å². The summed E-state index contributed by atoms with van der Waals surface area (Å²) in [5.41, 5.74) is 1.30. The SMILES string of the molecule is COc1cccc(CCNc2cnc(C(=O)Nc3ccc(F)c(F)c3)cn2)c1. The minimum absolute atomic E-state index is 0.0584. The molecule has 2 N–H and O–H groups in total. The number of ether oxygens (including phenoxy) is 1. The summed E-state index contributed by atoms with van der Waals surface area (Å²) < 4.78 is 31.3. The van der Waals surface area contributed by atoms with Gasteiger partial charge in [0.1, 0.15) is 17.3 Å². The summed E-state index contributed by atoms with van der Waals surface area (Å²) in [5.74, 6) is -1.27. The predicted octanol–water partition coefficient (Wildman–Crippen LogP) is 3.67. The van der Waals surface area contributed by atoms with Crippen molar-refractivity contribution in [3.05, 3.63) is 77.8 Å². The summed E-state index contributed by atoms with van der Waals surface area (Å²) in [6.45, 7) is 0.627. The Hall–Kier alpha value is -3.55. The van der Waals surface area contributed by atoms with Gasteiger partial charge in [-0.1, -0.05) is 12.1 Å². The highest BCUT2D eigenvalue weighted by molar-refractivity contribution is 6.02. The lowest BCUT2D eigenvalue weighted by Gasteiger charge is -2.08. The van der Waals surface area contributed by atoms with Crippen LogP contribution in [0.1, 0.15) is 16.1 Å². The Balaban J connectivity index is 1.53. The van der Waals surface area contributed by atoms with E-state index in [1.807, 2.05) is 24.3 Å². The van der Waals surface area contributed by atoms with Crippen molar-refractivity contribution in [2.75, 3.05) is 24.3 Å². The second kappa shape index (κ2) is 8.90. The number of hydrogen-bond acceptors (Lipinski definition) is 5. The van der Waals surface area contributed by atoms with Gasteiger partial charge in [0, 0.05) is 18.3 Å². The number of anilines is 2. The first-order valence-corrected chi connectivity index (χ1v) is 8.50. The maximum absolute atomic E-state index is 13.2. The zero-order valence-electron chi connectivity index (χ0n) is 15.1. The number of aromatic nitrogens is 2. The van der Waals surface area contributed by atoms with Gasteiger partial charge in [-0.2, -0.15) is 0 Å². The van der Waals surface area contributed by atoms with Gasteiger partial charge < -0.3 is 15.4 Å². The number of rotatable bonds is 7. The first-order chi connectivity index (χ1) is 13.5. The molecule has 0 fully saturated rings. The number of carbonyl (C=O) groups is 1. The molecular formula is C20H18F2N4O2. The molecule has 0 unspecified atom stereocenters. The van der Waals surface area contributed by atoms with E-state index in [-0.39, 0.29) is 11.4 Å². The van der Waals surface area contributed by atoms with Gasteiger partial charge in [0.2, 0.25) is 0 Å². The van der Waals surface area contributed by atoms with Crippen LogP contribution in [0.15, 0.2) is 54.9 Å². The van der Waals surface area contributed by atoms with Crippen molar-refractivity contribution >= 4 is 17.4 Å². The van der Waals surface area contributed by atoms with E-state index in [1.54, 1.807) is 7.11 Å². The number of halogens is 2. The molecule has 144 valence electrons. The second-order valence-corrected chi connectivity index (χ2v) is 5.90. The Bertz CT molecular complexity index is 965. The quantitative estimate of drug-likeness (QED) is 0.650. The third-order valence-electron chi connectivity index (χ3n) is 3.92. The van der Waals surface area contributed by atoms with E-state index in [4.69, 9.17) is 4.74 Å². The molecule has 0 aliphatic carbocycles. The lowest BCUT2D eigenvalue weighted by molar-refractivity contribution is 0.102. The number of benzene rings is 2. The third-order valence-corrected chi connectivity index (χ3v) is 3.92. The summed E-state index contributed by atoms with van der Waals surface area (Å²) in [5, 5.41) is 5.56. The molecule has 3 aromatic rings. The highest BCUT2D eigenvalue weighted by Crippen LogP contribution is 2.15. The van der Waals surface area contributed by atoms with Gasteiger partial charge in [0.05, 0.1) is 19.5 Å². The summed E-state index contributed by atoms with van der Waals surface area (Å²) in [7, 11) is 1.62. The molecule has 3 rings (SSSR count). The highest BCUT2D eigenvalue weighted by Gasteiger charge is 2.10. The zero-order chi connectivity index (χ0) is 19.9. The zero-order valence-corrected chi connectivity index (χ0v) is 15.1. The minimum atomic E-state index is -1.04. The van der Waals surface area contributed by atoms with E-state index in [1.165, 1.54) is 18.5 Å². The number of carbonyl (C=O) groups excluding carboxylic acids is 1. The molecule has 0 bridgehead atoms. The molecule has 6 nitrogen and oxygen atoms in total. The molecule has 0 spiro atoms. The van der Waals surface area contributed by atoms with E-state index in [0.717, 1.165) is 29.9 Å². The first-order valence-electron chi connectivity index (χ1n) is 8.50. The summed E-state index contributed by atoms with van der Waals surface area (Å²) in [4.78, 5) is 20.3. The molecule has 1 aromatic heterocycles. The smallest absolute Gasteiger partial charge is 0.275 e. The average molecular weight is 384 g/mol. The van der Waals surface area contributed by atoms with Crippen LogP contribution in [0.25, 0.3) is 0 Å². The van der Waals surface area contributed by atoms with Crippen LogP contribution in [0.4, 0.5) is 20.3 Å². The monoisotopic (exact) mass is 384 g/mol. The van der Waals surface area contributed by atoms with Crippen LogP contribution in [0, 0.1) is 11.6 Å². The van der Waals surface area contributed by atoms with Crippen LogP contribution in [-0.2, 0) is 6.42 Å². The molecule has 2 aromatic carbocycles. The summed E-state index contributed by atoms with van der Waals surface area (Å²) in [6, 6.07) is 10.9. The number of amides is 1. The van der Waals surface area contributed by atoms with Crippen molar-refractivity contribution in [2.24, 2.45) is 0 Å². The van der Waals surface area contributed by atoms with E-state index in [2.05, 4.69) is 20.6 Å². The van der Waals surface area contributed by atoms with Crippen LogP contribution in [-0.4, -0.2) is 29.5 Å². The van der Waals surface area contributed by atoms with Crippen molar-refractivity contribution in [2.45, 2.75) is 6.42 Å². The first kappa shape index (κ1) is 19.2. The summed E-state index contributed by atoms with van der Waals surface area (Å²) >= 11 is 0. The fraction of sp³-hybridized carbons (Fsp3) is 0.150. The maximum Gasteiger partial charge on any atom is 0.275 e. The molecule has 0 aliphatic heterocycles. The molecule has 1 heterocycles. The second-order valence-electron chi connectivity index (χ2n) is 5.90. The van der Waals surface area contributed by atoms with E-state index in [0.29, 0.717) is 12.4 Å². The number of nitrogens with zero attached hydrogens (tertiary/aromatic N) is 2. The minimum Gasteiger partial charge on any atom is -0.497 e. The molecule has 0 saturated heterocycles. The predicted molar refractivity (Wildman–Crippen MR) is 102 cm³/mol. The standard InChI is InChI=1S/C20H18F2N4O2/c1-28-15-4-2-3-13(9-15)7-8-23-19-12-24-18(11-25-19)20(27)26-14-5-6-16(21)17(22)10-14/h2-6,9-12H,7-8H2,1H3,(H,23,25)(H,26,27). The van der Waals surface area contributed by atoms with Gasteiger partial charge >= 0.3 is 0 Å². The fourth-order valence-corrected chi connectivity index (χ4v) is 2.47. The Kier molecular flexibility index (Phi) is 6.11. The Morgan fingerprint density at radius 2 is 1.93 bits per heavy atom. The normalized spacial score (nSPS) is 10.4. The molecule has 0 atom stereocenters. The maximum atomic E-state index is 13.2. The Morgan fingerprint density at radius 1 is 1.07 bits per heavy atom. The molecule has 0 radical (unpaired) electrons. The fourth-order valence-electron chi connectivity index (χ4n) is 2.47. The highest BCUT2D eigenvalue weighted by atomic mass is 19.2. The van der Waals surface area contributed by atoms with Gasteiger partial charge in [-0.25, -0.2) is 18.7 Å². The van der Waals surface area contributed by atoms with Crippen LogP contribution in [0.5, 0.6) is 5.75 Å². The topological polar surface area (TPSA) is 76.1 Å². The molecule has 1 amide bonds. The number of hydrogen-bond donors (Lipinski definition) is 2.